The number of carbonyl (C=O) groups excluding carboxylic acids is 1. The van der Waals surface area contributed by atoms with Gasteiger partial charge in [0.2, 0.25) is 10.0 Å². The molecule has 21 heavy (non-hydrogen) atoms. The lowest BCUT2D eigenvalue weighted by molar-refractivity contribution is -0.143. The maximum Gasteiger partial charge on any atom is 0.321 e. The number of aryl methyl sites for hydroxylation is 2. The van der Waals surface area contributed by atoms with Gasteiger partial charge in [-0.15, -0.1) is 0 Å². The van der Waals surface area contributed by atoms with Gasteiger partial charge in [0, 0.05) is 13.1 Å². The molecular weight excluding hydrogens is 294 g/mol. The molecule has 0 aliphatic rings. The molecule has 0 amide bonds. The monoisotopic (exact) mass is 317 g/mol. The highest BCUT2D eigenvalue weighted by Crippen LogP contribution is 2.24. The van der Waals surface area contributed by atoms with E-state index in [1.54, 1.807) is 41.7 Å². The maximum atomic E-state index is 12.8. The molecule has 0 saturated heterocycles. The number of ether oxygens (including phenoxy) is 1. The SMILES string of the molecule is CCOC(=O)CN(C(C)C)S(=O)(=O)c1c(C)nn(C)c1C. The molecule has 0 bridgehead atoms. The third-order valence-electron chi connectivity index (χ3n) is 3.18. The van der Waals surface area contributed by atoms with Crippen LogP contribution in [0.2, 0.25) is 0 Å². The van der Waals surface area contributed by atoms with Crippen molar-refractivity contribution in [1.29, 1.82) is 0 Å². The number of esters is 1. The highest BCUT2D eigenvalue weighted by molar-refractivity contribution is 7.89. The van der Waals surface area contributed by atoms with E-state index in [9.17, 15) is 13.2 Å². The molecule has 0 radical (unpaired) electrons. The largest absolute Gasteiger partial charge is 0.465 e. The normalized spacial score (nSPS) is 12.2. The second-order valence-electron chi connectivity index (χ2n) is 5.07. The van der Waals surface area contributed by atoms with Crippen LogP contribution in [0.15, 0.2) is 4.90 Å². The summed E-state index contributed by atoms with van der Waals surface area (Å²) >= 11 is 0. The molecule has 0 saturated carbocycles. The number of nitrogens with zero attached hydrogens (tertiary/aromatic N) is 3. The van der Waals surface area contributed by atoms with E-state index in [0.717, 1.165) is 4.31 Å². The highest BCUT2D eigenvalue weighted by Gasteiger charge is 2.33. The topological polar surface area (TPSA) is 81.5 Å². The summed E-state index contributed by atoms with van der Waals surface area (Å²) in [6, 6.07) is -0.363. The van der Waals surface area contributed by atoms with Crippen molar-refractivity contribution in [3.63, 3.8) is 0 Å². The zero-order valence-corrected chi connectivity index (χ0v) is 14.2. The fraction of sp³-hybridized carbons (Fsp3) is 0.692. The molecule has 0 N–H and O–H groups in total. The van der Waals surface area contributed by atoms with Crippen LogP contribution >= 0.6 is 0 Å². The predicted molar refractivity (Wildman–Crippen MR) is 78.3 cm³/mol. The fourth-order valence-electron chi connectivity index (χ4n) is 2.12. The first-order chi connectivity index (χ1) is 9.62. The van der Waals surface area contributed by atoms with Gasteiger partial charge in [-0.05, 0) is 34.6 Å². The zero-order chi connectivity index (χ0) is 16.4. The standard InChI is InChI=1S/C13H23N3O4S/c1-7-20-12(17)8-16(9(2)3)21(18,19)13-10(4)14-15(6)11(13)5/h9H,7-8H2,1-6H3. The molecule has 120 valence electrons. The number of sulfonamides is 1. The van der Waals surface area contributed by atoms with Gasteiger partial charge in [-0.2, -0.15) is 9.40 Å². The van der Waals surface area contributed by atoms with Gasteiger partial charge >= 0.3 is 5.97 Å². The van der Waals surface area contributed by atoms with Crippen LogP contribution < -0.4 is 0 Å². The molecule has 1 aromatic rings. The Bertz CT molecular complexity index is 620. The quantitative estimate of drug-likeness (QED) is 0.731. The summed E-state index contributed by atoms with van der Waals surface area (Å²) < 4.78 is 33.2. The second kappa shape index (κ2) is 6.57. The van der Waals surface area contributed by atoms with Crippen molar-refractivity contribution in [2.45, 2.75) is 45.6 Å². The zero-order valence-electron chi connectivity index (χ0n) is 13.4. The van der Waals surface area contributed by atoms with Crippen molar-refractivity contribution in [3.05, 3.63) is 11.4 Å². The lowest BCUT2D eigenvalue weighted by Gasteiger charge is -2.25. The molecule has 0 atom stereocenters. The third kappa shape index (κ3) is 3.62. The van der Waals surface area contributed by atoms with Gasteiger partial charge in [0.05, 0.1) is 18.0 Å². The van der Waals surface area contributed by atoms with Gasteiger partial charge in [-0.25, -0.2) is 8.42 Å². The number of rotatable bonds is 6. The first-order valence-corrected chi connectivity index (χ1v) is 8.24. The van der Waals surface area contributed by atoms with Gasteiger partial charge in [0.25, 0.3) is 0 Å². The van der Waals surface area contributed by atoms with Gasteiger partial charge < -0.3 is 4.74 Å². The van der Waals surface area contributed by atoms with Crippen molar-refractivity contribution in [3.8, 4) is 0 Å². The number of aromatic nitrogens is 2. The van der Waals surface area contributed by atoms with Crippen molar-refractivity contribution in [1.82, 2.24) is 14.1 Å². The van der Waals surface area contributed by atoms with Crippen LogP contribution in [0.3, 0.4) is 0 Å². The van der Waals surface area contributed by atoms with Crippen LogP contribution in [0.1, 0.15) is 32.2 Å². The van der Waals surface area contributed by atoms with E-state index in [2.05, 4.69) is 5.10 Å². The Balaban J connectivity index is 3.26. The predicted octanol–water partition coefficient (Wildman–Crippen LogP) is 0.999. The number of carbonyl (C=O) groups is 1. The highest BCUT2D eigenvalue weighted by atomic mass is 32.2. The Morgan fingerprint density at radius 3 is 2.33 bits per heavy atom. The van der Waals surface area contributed by atoms with Crippen molar-refractivity contribution < 1.29 is 17.9 Å². The van der Waals surface area contributed by atoms with Gasteiger partial charge in [0.15, 0.2) is 0 Å². The smallest absolute Gasteiger partial charge is 0.321 e. The Kier molecular flexibility index (Phi) is 5.52. The van der Waals surface area contributed by atoms with E-state index in [1.807, 2.05) is 0 Å². The van der Waals surface area contributed by atoms with E-state index in [1.165, 1.54) is 4.68 Å². The molecule has 7 nitrogen and oxygen atoms in total. The van der Waals surface area contributed by atoms with Crippen molar-refractivity contribution in [2.75, 3.05) is 13.2 Å². The second-order valence-corrected chi connectivity index (χ2v) is 6.90. The Morgan fingerprint density at radius 1 is 1.38 bits per heavy atom. The van der Waals surface area contributed by atoms with Crippen LogP contribution in [0.5, 0.6) is 0 Å². The van der Waals surface area contributed by atoms with Crippen LogP contribution in [0, 0.1) is 13.8 Å². The molecule has 0 fully saturated rings. The van der Waals surface area contributed by atoms with Gasteiger partial charge in [-0.1, -0.05) is 0 Å². The van der Waals surface area contributed by atoms with Crippen LogP contribution in [-0.4, -0.2) is 47.7 Å². The van der Waals surface area contributed by atoms with E-state index < -0.39 is 16.0 Å². The van der Waals surface area contributed by atoms with Crippen LogP contribution in [0.25, 0.3) is 0 Å². The van der Waals surface area contributed by atoms with Crippen LogP contribution in [0.4, 0.5) is 0 Å². The first-order valence-electron chi connectivity index (χ1n) is 6.80. The number of hydrogen-bond acceptors (Lipinski definition) is 5. The minimum Gasteiger partial charge on any atom is -0.465 e. The first kappa shape index (κ1) is 17.6. The minimum absolute atomic E-state index is 0.156. The molecule has 0 aromatic carbocycles. The van der Waals surface area contributed by atoms with Crippen LogP contribution in [-0.2, 0) is 26.6 Å². The molecule has 1 aromatic heterocycles. The molecule has 1 rings (SSSR count). The summed E-state index contributed by atoms with van der Waals surface area (Å²) in [6.45, 7) is 8.37. The molecule has 0 aliphatic heterocycles. The Morgan fingerprint density at radius 2 is 1.95 bits per heavy atom. The van der Waals surface area contributed by atoms with Crippen molar-refractivity contribution in [2.24, 2.45) is 7.05 Å². The van der Waals surface area contributed by atoms with E-state index in [0.29, 0.717) is 11.4 Å². The maximum absolute atomic E-state index is 12.8. The molecule has 8 heteroatoms. The molecule has 0 spiro atoms. The molecule has 0 unspecified atom stereocenters. The Hall–Kier alpha value is -1.41. The van der Waals surface area contributed by atoms with Gasteiger partial charge in [-0.3, -0.25) is 9.48 Å². The average molecular weight is 317 g/mol. The van der Waals surface area contributed by atoms with Crippen molar-refractivity contribution >= 4 is 16.0 Å². The summed E-state index contributed by atoms with van der Waals surface area (Å²) in [6.07, 6.45) is 0. The number of hydrogen-bond donors (Lipinski definition) is 0. The molecule has 1 heterocycles. The molecular formula is C13H23N3O4S. The third-order valence-corrected chi connectivity index (χ3v) is 5.45. The lowest BCUT2D eigenvalue weighted by atomic mass is 10.4. The van der Waals surface area contributed by atoms with E-state index in [4.69, 9.17) is 4.74 Å². The lowest BCUT2D eigenvalue weighted by Crippen LogP contribution is -2.41. The average Bonchev–Trinajstić information content (AvgIpc) is 2.60. The molecule has 0 aliphatic carbocycles. The summed E-state index contributed by atoms with van der Waals surface area (Å²) in [7, 11) is -2.12. The van der Waals surface area contributed by atoms with E-state index in [-0.39, 0.29) is 24.1 Å². The van der Waals surface area contributed by atoms with Gasteiger partial charge in [0.1, 0.15) is 11.4 Å². The summed E-state index contributed by atoms with van der Waals surface area (Å²) in [5, 5.41) is 4.13. The minimum atomic E-state index is -3.81. The van der Waals surface area contributed by atoms with E-state index >= 15 is 0 Å². The Labute approximate surface area is 125 Å². The summed E-state index contributed by atoms with van der Waals surface area (Å²) in [5.74, 6) is -0.561. The summed E-state index contributed by atoms with van der Waals surface area (Å²) in [5.41, 5.74) is 0.964. The summed E-state index contributed by atoms with van der Waals surface area (Å²) in [4.78, 5) is 11.8. The fourth-order valence-corrected chi connectivity index (χ4v) is 4.11.